The number of ether oxygens (including phenoxy) is 1. The topological polar surface area (TPSA) is 63.7 Å². The molecule has 0 spiro atoms. The Balaban J connectivity index is 1.83. The van der Waals surface area contributed by atoms with Gasteiger partial charge in [-0.25, -0.2) is 8.42 Å². The maximum absolute atomic E-state index is 13.0. The third-order valence-electron chi connectivity index (χ3n) is 4.56. The summed E-state index contributed by atoms with van der Waals surface area (Å²) < 4.78 is 31.3. The lowest BCUT2D eigenvalue weighted by atomic mass is 10.1. The fourth-order valence-electron chi connectivity index (χ4n) is 3.20. The highest BCUT2D eigenvalue weighted by Gasteiger charge is 2.34. The zero-order valence-electron chi connectivity index (χ0n) is 14.4. The molecule has 0 saturated carbocycles. The first-order valence-electron chi connectivity index (χ1n) is 8.34. The molecular weight excluding hydrogens is 418 g/mol. The van der Waals surface area contributed by atoms with Crippen LogP contribution in [0.15, 0.2) is 57.9 Å². The Morgan fingerprint density at radius 2 is 1.96 bits per heavy atom. The zero-order valence-corrected chi connectivity index (χ0v) is 16.8. The van der Waals surface area contributed by atoms with Gasteiger partial charge >= 0.3 is 0 Å². The number of nitrogens with zero attached hydrogens (tertiary/aromatic N) is 1. The van der Waals surface area contributed by atoms with Crippen LogP contribution in [0.5, 0.6) is 5.75 Å². The van der Waals surface area contributed by atoms with E-state index in [1.807, 2.05) is 0 Å². The van der Waals surface area contributed by atoms with Crippen molar-refractivity contribution in [2.75, 3.05) is 19.4 Å². The van der Waals surface area contributed by atoms with Gasteiger partial charge in [-0.3, -0.25) is 4.79 Å². The molecule has 1 aliphatic heterocycles. The van der Waals surface area contributed by atoms with Crippen LogP contribution in [0.3, 0.4) is 0 Å². The lowest BCUT2D eigenvalue weighted by Crippen LogP contribution is -2.39. The molecule has 0 aliphatic carbocycles. The summed E-state index contributed by atoms with van der Waals surface area (Å²) in [6.07, 6.45) is 1.47. The molecule has 0 aromatic heterocycles. The maximum atomic E-state index is 13.0. The number of halogens is 1. The fraction of sp³-hybridized carbons (Fsp3) is 0.316. The van der Waals surface area contributed by atoms with E-state index in [2.05, 4.69) is 15.9 Å². The molecule has 138 valence electrons. The third-order valence-corrected chi connectivity index (χ3v) is 7.06. The van der Waals surface area contributed by atoms with Crippen molar-refractivity contribution in [3.63, 3.8) is 0 Å². The van der Waals surface area contributed by atoms with Gasteiger partial charge in [0.15, 0.2) is 9.84 Å². The molecule has 2 aromatic rings. The minimum absolute atomic E-state index is 0.0651. The van der Waals surface area contributed by atoms with Gasteiger partial charge in [-0.1, -0.05) is 18.2 Å². The van der Waals surface area contributed by atoms with Crippen molar-refractivity contribution in [3.8, 4) is 5.75 Å². The van der Waals surface area contributed by atoms with Gasteiger partial charge in [0.1, 0.15) is 5.75 Å². The highest BCUT2D eigenvalue weighted by Crippen LogP contribution is 2.28. The molecule has 1 fully saturated rings. The molecule has 26 heavy (non-hydrogen) atoms. The quantitative estimate of drug-likeness (QED) is 0.717. The Kier molecular flexibility index (Phi) is 5.67. The van der Waals surface area contributed by atoms with Gasteiger partial charge in [0.25, 0.3) is 5.91 Å². The smallest absolute Gasteiger partial charge is 0.255 e. The summed E-state index contributed by atoms with van der Waals surface area (Å²) in [6.45, 7) is 0.553. The molecule has 0 N–H and O–H groups in total. The number of amides is 1. The van der Waals surface area contributed by atoms with Crippen molar-refractivity contribution >= 4 is 31.7 Å². The maximum Gasteiger partial charge on any atom is 0.255 e. The lowest BCUT2D eigenvalue weighted by molar-refractivity contribution is 0.0748. The summed E-state index contributed by atoms with van der Waals surface area (Å²) in [5.74, 6) is 0.343. The van der Waals surface area contributed by atoms with Gasteiger partial charge in [-0.15, -0.1) is 0 Å². The summed E-state index contributed by atoms with van der Waals surface area (Å²) >= 11 is 3.40. The second-order valence-corrected chi connectivity index (χ2v) is 9.12. The molecule has 0 bridgehead atoms. The molecular formula is C19H20BrNO4S. The largest absolute Gasteiger partial charge is 0.497 e. The number of sulfone groups is 1. The summed E-state index contributed by atoms with van der Waals surface area (Å²) in [6, 6.07) is 13.3. The van der Waals surface area contributed by atoms with Crippen molar-refractivity contribution in [2.24, 2.45) is 0 Å². The van der Waals surface area contributed by atoms with E-state index in [0.29, 0.717) is 33.6 Å². The molecule has 1 heterocycles. The molecule has 0 radical (unpaired) electrons. The van der Waals surface area contributed by atoms with Crippen LogP contribution >= 0.6 is 15.9 Å². The highest BCUT2D eigenvalue weighted by atomic mass is 79.9. The molecule has 1 atom stereocenters. The van der Waals surface area contributed by atoms with E-state index < -0.39 is 9.84 Å². The van der Waals surface area contributed by atoms with Crippen molar-refractivity contribution in [3.05, 3.63) is 58.6 Å². The average Bonchev–Trinajstić information content (AvgIpc) is 3.09. The molecule has 1 amide bonds. The van der Waals surface area contributed by atoms with Crippen LogP contribution < -0.4 is 4.74 Å². The number of likely N-dealkylation sites (tertiary alicyclic amines) is 1. The van der Waals surface area contributed by atoms with Gasteiger partial charge in [0, 0.05) is 17.1 Å². The normalized spacial score (nSPS) is 17.3. The Morgan fingerprint density at radius 3 is 2.65 bits per heavy atom. The van der Waals surface area contributed by atoms with E-state index in [0.717, 1.165) is 6.42 Å². The number of benzene rings is 2. The molecule has 2 aromatic carbocycles. The van der Waals surface area contributed by atoms with Crippen LogP contribution in [0.25, 0.3) is 0 Å². The van der Waals surface area contributed by atoms with Crippen LogP contribution in [0.1, 0.15) is 23.2 Å². The number of rotatable bonds is 5. The Morgan fingerprint density at radius 1 is 1.23 bits per heavy atom. The van der Waals surface area contributed by atoms with E-state index in [4.69, 9.17) is 4.74 Å². The Labute approximate surface area is 162 Å². The molecule has 7 heteroatoms. The van der Waals surface area contributed by atoms with Gasteiger partial charge in [-0.05, 0) is 59.1 Å². The average molecular weight is 438 g/mol. The lowest BCUT2D eigenvalue weighted by Gasteiger charge is -2.25. The first-order valence-corrected chi connectivity index (χ1v) is 10.8. The summed E-state index contributed by atoms with van der Waals surface area (Å²) in [7, 11) is -1.90. The highest BCUT2D eigenvalue weighted by molar-refractivity contribution is 9.10. The van der Waals surface area contributed by atoms with Crippen molar-refractivity contribution < 1.29 is 17.9 Å². The first-order chi connectivity index (χ1) is 12.4. The summed E-state index contributed by atoms with van der Waals surface area (Å²) in [5, 5.41) is 0. The number of hydrogen-bond acceptors (Lipinski definition) is 4. The van der Waals surface area contributed by atoms with Gasteiger partial charge in [0.2, 0.25) is 0 Å². The van der Waals surface area contributed by atoms with Crippen LogP contribution in [0.2, 0.25) is 0 Å². The van der Waals surface area contributed by atoms with Gasteiger partial charge < -0.3 is 9.64 Å². The van der Waals surface area contributed by atoms with E-state index in [-0.39, 0.29) is 17.7 Å². The van der Waals surface area contributed by atoms with Crippen LogP contribution in [0, 0.1) is 0 Å². The number of carbonyl (C=O) groups excluding carboxylic acids is 1. The zero-order chi connectivity index (χ0) is 18.7. The fourth-order valence-corrected chi connectivity index (χ4v) is 5.24. The predicted molar refractivity (Wildman–Crippen MR) is 103 cm³/mol. The standard InChI is InChI=1S/C19H20BrNO4S/c1-25-15-9-10-18(20)17(12-15)19(22)21-11-5-6-14(21)13-26(23,24)16-7-3-2-4-8-16/h2-4,7-10,12,14H,5-6,11,13H2,1H3. The monoisotopic (exact) mass is 437 g/mol. The predicted octanol–water partition coefficient (Wildman–Crippen LogP) is 3.54. The summed E-state index contributed by atoms with van der Waals surface area (Å²) in [5.41, 5.74) is 0.480. The Hall–Kier alpha value is -1.86. The van der Waals surface area contributed by atoms with Gasteiger partial charge in [-0.2, -0.15) is 0 Å². The van der Waals surface area contributed by atoms with Crippen LogP contribution in [-0.4, -0.2) is 44.7 Å². The van der Waals surface area contributed by atoms with Crippen molar-refractivity contribution in [1.29, 1.82) is 0 Å². The summed E-state index contributed by atoms with van der Waals surface area (Å²) in [4.78, 5) is 15.0. The van der Waals surface area contributed by atoms with Gasteiger partial charge in [0.05, 0.1) is 23.3 Å². The number of carbonyl (C=O) groups is 1. The van der Waals surface area contributed by atoms with Crippen molar-refractivity contribution in [1.82, 2.24) is 4.90 Å². The SMILES string of the molecule is COc1ccc(Br)c(C(=O)N2CCCC2CS(=O)(=O)c2ccccc2)c1. The van der Waals surface area contributed by atoms with Crippen molar-refractivity contribution in [2.45, 2.75) is 23.8 Å². The van der Waals surface area contributed by atoms with E-state index in [1.165, 1.54) is 0 Å². The number of hydrogen-bond donors (Lipinski definition) is 0. The Bertz CT molecular complexity index is 899. The molecule has 1 unspecified atom stereocenters. The first kappa shape index (κ1) is 18.9. The molecule has 3 rings (SSSR count). The molecule has 1 saturated heterocycles. The van der Waals surface area contributed by atoms with Crippen LogP contribution in [0.4, 0.5) is 0 Å². The second-order valence-electron chi connectivity index (χ2n) is 6.23. The van der Waals surface area contributed by atoms with E-state index in [9.17, 15) is 13.2 Å². The minimum atomic E-state index is -3.45. The van der Waals surface area contributed by atoms with E-state index >= 15 is 0 Å². The van der Waals surface area contributed by atoms with E-state index in [1.54, 1.807) is 60.5 Å². The second kappa shape index (κ2) is 7.80. The number of methoxy groups -OCH3 is 1. The molecule has 1 aliphatic rings. The van der Waals surface area contributed by atoms with Crippen LogP contribution in [-0.2, 0) is 9.84 Å². The third kappa shape index (κ3) is 3.94. The minimum Gasteiger partial charge on any atom is -0.497 e. The molecule has 5 nitrogen and oxygen atoms in total.